The molecule has 5 heteroatoms. The van der Waals surface area contributed by atoms with Crippen molar-refractivity contribution in [3.63, 3.8) is 0 Å². The molecule has 0 unspecified atom stereocenters. The SMILES string of the molecule is Br.C=C(C)C(=O)NCC.CN(C)C.CN(C)C. The molecule has 0 bridgehead atoms. The summed E-state index contributed by atoms with van der Waals surface area (Å²) in [4.78, 5) is 14.5. The van der Waals surface area contributed by atoms with Crippen LogP contribution in [-0.4, -0.2) is 64.5 Å². The maximum atomic E-state index is 10.5. The van der Waals surface area contributed by atoms with Crippen molar-refractivity contribution in [1.29, 1.82) is 0 Å². The van der Waals surface area contributed by atoms with Gasteiger partial charge in [0.05, 0.1) is 0 Å². The average molecular weight is 312 g/mol. The lowest BCUT2D eigenvalue weighted by atomic mass is 10.3. The number of amides is 1. The summed E-state index contributed by atoms with van der Waals surface area (Å²) < 4.78 is 0. The van der Waals surface area contributed by atoms with E-state index in [1.165, 1.54) is 0 Å². The molecule has 1 N–H and O–H groups in total. The van der Waals surface area contributed by atoms with Gasteiger partial charge in [-0.2, -0.15) is 0 Å². The van der Waals surface area contributed by atoms with Crippen molar-refractivity contribution in [3.05, 3.63) is 12.2 Å². The number of carbonyl (C=O) groups is 1. The summed E-state index contributed by atoms with van der Waals surface area (Å²) in [6.07, 6.45) is 0. The van der Waals surface area contributed by atoms with Crippen molar-refractivity contribution >= 4 is 22.9 Å². The number of hydrogen-bond donors (Lipinski definition) is 1. The van der Waals surface area contributed by atoms with Gasteiger partial charge in [-0.15, -0.1) is 17.0 Å². The second-order valence-corrected chi connectivity index (χ2v) is 4.32. The van der Waals surface area contributed by atoms with E-state index in [-0.39, 0.29) is 22.9 Å². The van der Waals surface area contributed by atoms with Crippen molar-refractivity contribution in [1.82, 2.24) is 15.1 Å². The van der Waals surface area contributed by atoms with Gasteiger partial charge in [0.15, 0.2) is 0 Å². The van der Waals surface area contributed by atoms with Crippen LogP contribution in [0.15, 0.2) is 12.2 Å². The first-order valence-corrected chi connectivity index (χ1v) is 5.30. The first-order chi connectivity index (χ1) is 7.14. The molecule has 0 radical (unpaired) electrons. The molecule has 0 aliphatic carbocycles. The molecule has 0 rings (SSSR count). The molecule has 0 spiro atoms. The standard InChI is InChI=1S/C6H11NO.2C3H9N.BrH/c1-4-7-6(8)5(2)3;2*1-4(2)3;/h2,4H2,1,3H3,(H,7,8);2*1-3H3;1H. The Labute approximate surface area is 118 Å². The molecule has 0 aromatic carbocycles. The Morgan fingerprint density at radius 1 is 1.06 bits per heavy atom. The Morgan fingerprint density at radius 3 is 1.35 bits per heavy atom. The van der Waals surface area contributed by atoms with Crippen molar-refractivity contribution in [2.45, 2.75) is 13.8 Å². The summed E-state index contributed by atoms with van der Waals surface area (Å²) in [5.41, 5.74) is 0.562. The van der Waals surface area contributed by atoms with Crippen molar-refractivity contribution < 1.29 is 4.79 Å². The third kappa shape index (κ3) is 66.2. The van der Waals surface area contributed by atoms with Crippen LogP contribution in [0.4, 0.5) is 0 Å². The van der Waals surface area contributed by atoms with E-state index < -0.39 is 0 Å². The van der Waals surface area contributed by atoms with E-state index in [2.05, 4.69) is 11.9 Å². The summed E-state index contributed by atoms with van der Waals surface area (Å²) >= 11 is 0. The van der Waals surface area contributed by atoms with Crippen LogP contribution >= 0.6 is 17.0 Å². The predicted molar refractivity (Wildman–Crippen MR) is 83.0 cm³/mol. The highest BCUT2D eigenvalue weighted by Gasteiger charge is 1.95. The maximum Gasteiger partial charge on any atom is 0.246 e. The lowest BCUT2D eigenvalue weighted by Gasteiger charge is -1.97. The minimum atomic E-state index is -0.0625. The molecule has 0 heterocycles. The molecule has 17 heavy (non-hydrogen) atoms. The molecule has 0 saturated carbocycles. The third-order valence-corrected chi connectivity index (χ3v) is 0.725. The van der Waals surface area contributed by atoms with Crippen LogP contribution in [0.25, 0.3) is 0 Å². The van der Waals surface area contributed by atoms with E-state index >= 15 is 0 Å². The second-order valence-electron chi connectivity index (χ2n) is 4.32. The Hall–Kier alpha value is -0.390. The molecule has 106 valence electrons. The minimum Gasteiger partial charge on any atom is -0.353 e. The molecular formula is C12H30BrN3O. The first-order valence-electron chi connectivity index (χ1n) is 5.30. The number of nitrogens with zero attached hydrogens (tertiary/aromatic N) is 2. The van der Waals surface area contributed by atoms with Gasteiger partial charge in [0.2, 0.25) is 5.91 Å². The Morgan fingerprint density at radius 2 is 1.29 bits per heavy atom. The lowest BCUT2D eigenvalue weighted by molar-refractivity contribution is -0.117. The van der Waals surface area contributed by atoms with Crippen LogP contribution in [0.1, 0.15) is 13.8 Å². The molecule has 4 nitrogen and oxygen atoms in total. The van der Waals surface area contributed by atoms with E-state index in [1.807, 2.05) is 59.0 Å². The predicted octanol–water partition coefficient (Wildman–Crippen LogP) is 1.63. The van der Waals surface area contributed by atoms with E-state index in [1.54, 1.807) is 6.92 Å². The maximum absolute atomic E-state index is 10.5. The van der Waals surface area contributed by atoms with E-state index in [0.717, 1.165) is 0 Å². The topological polar surface area (TPSA) is 35.6 Å². The molecule has 0 aliphatic rings. The molecule has 0 atom stereocenters. The zero-order chi connectivity index (χ0) is 13.7. The lowest BCUT2D eigenvalue weighted by Crippen LogP contribution is -2.22. The Bertz CT molecular complexity index is 171. The van der Waals surface area contributed by atoms with Crippen molar-refractivity contribution in [3.8, 4) is 0 Å². The van der Waals surface area contributed by atoms with Gasteiger partial charge in [-0.05, 0) is 56.1 Å². The fourth-order valence-electron chi connectivity index (χ4n) is 0.311. The number of nitrogens with one attached hydrogen (secondary N) is 1. The highest BCUT2D eigenvalue weighted by Crippen LogP contribution is 1.82. The van der Waals surface area contributed by atoms with Crippen LogP contribution in [0.3, 0.4) is 0 Å². The number of likely N-dealkylation sites (N-methyl/N-ethyl adjacent to an activating group) is 1. The molecule has 0 aromatic rings. The number of rotatable bonds is 2. The van der Waals surface area contributed by atoms with Crippen molar-refractivity contribution in [2.75, 3.05) is 48.8 Å². The van der Waals surface area contributed by atoms with Gasteiger partial charge >= 0.3 is 0 Å². The van der Waals surface area contributed by atoms with E-state index in [9.17, 15) is 4.79 Å². The van der Waals surface area contributed by atoms with Gasteiger partial charge in [-0.3, -0.25) is 4.79 Å². The van der Waals surface area contributed by atoms with Crippen LogP contribution in [0, 0.1) is 0 Å². The van der Waals surface area contributed by atoms with Gasteiger partial charge in [0.1, 0.15) is 0 Å². The van der Waals surface area contributed by atoms with Crippen LogP contribution < -0.4 is 5.32 Å². The quantitative estimate of drug-likeness (QED) is 0.787. The zero-order valence-electron chi connectivity index (χ0n) is 12.6. The fraction of sp³-hybridized carbons (Fsp3) is 0.750. The number of halogens is 1. The average Bonchev–Trinajstić information content (AvgIpc) is 2.02. The van der Waals surface area contributed by atoms with E-state index in [4.69, 9.17) is 0 Å². The molecule has 0 fully saturated rings. The smallest absolute Gasteiger partial charge is 0.246 e. The molecular weight excluding hydrogens is 282 g/mol. The Balaban J connectivity index is -0.0000000806. The van der Waals surface area contributed by atoms with Gasteiger partial charge < -0.3 is 15.1 Å². The summed E-state index contributed by atoms with van der Waals surface area (Å²) in [5, 5.41) is 2.61. The Kier molecular flexibility index (Phi) is 26.9. The first kappa shape index (κ1) is 25.5. The monoisotopic (exact) mass is 311 g/mol. The van der Waals surface area contributed by atoms with Gasteiger partial charge in [-0.1, -0.05) is 6.58 Å². The largest absolute Gasteiger partial charge is 0.353 e. The molecule has 0 aromatic heterocycles. The second kappa shape index (κ2) is 18.0. The molecule has 1 amide bonds. The van der Waals surface area contributed by atoms with Gasteiger partial charge in [-0.25, -0.2) is 0 Å². The zero-order valence-corrected chi connectivity index (χ0v) is 14.3. The summed E-state index contributed by atoms with van der Waals surface area (Å²) in [7, 11) is 12.0. The molecule has 0 saturated heterocycles. The third-order valence-electron chi connectivity index (χ3n) is 0.725. The normalized spacial score (nSPS) is 8.12. The van der Waals surface area contributed by atoms with E-state index in [0.29, 0.717) is 12.1 Å². The van der Waals surface area contributed by atoms with Gasteiger partial charge in [0.25, 0.3) is 0 Å². The number of hydrogen-bond acceptors (Lipinski definition) is 3. The van der Waals surface area contributed by atoms with Gasteiger partial charge in [0, 0.05) is 12.1 Å². The van der Waals surface area contributed by atoms with Crippen LogP contribution in [0.5, 0.6) is 0 Å². The summed E-state index contributed by atoms with van der Waals surface area (Å²) in [5.74, 6) is -0.0625. The minimum absolute atomic E-state index is 0. The highest BCUT2D eigenvalue weighted by atomic mass is 79.9. The van der Waals surface area contributed by atoms with Crippen LogP contribution in [0.2, 0.25) is 0 Å². The number of carbonyl (C=O) groups excluding carboxylic acids is 1. The summed E-state index contributed by atoms with van der Waals surface area (Å²) in [6.45, 7) is 7.70. The van der Waals surface area contributed by atoms with Crippen molar-refractivity contribution in [2.24, 2.45) is 0 Å². The fourth-order valence-corrected chi connectivity index (χ4v) is 0.311. The summed E-state index contributed by atoms with van der Waals surface area (Å²) in [6, 6.07) is 0. The molecule has 0 aliphatic heterocycles. The highest BCUT2D eigenvalue weighted by molar-refractivity contribution is 8.93. The van der Waals surface area contributed by atoms with Crippen LogP contribution in [-0.2, 0) is 4.79 Å².